The standard InChI is InChI=1S/C69H88N6O3/c1-11-17-41-70(51-29-25-23-26-30-51)65(76)72(43-19-13-3)53-33-37-57-59-39-35-55(49-63(59)68(7,8)61(57)47-53)74(45-21-15-5)67(78)75(46-22-16-6)56-36-40-60-58-38-34-54(48-62(58)69(9,10)64(60)50-56)73(44-20-14-4)66(77)71(42-18-12-2)52-31-27-24-28-32-52/h23-40,47-50H,11-22,41-46H2,1-10H3. The van der Waals surface area contributed by atoms with Crippen molar-refractivity contribution in [1.82, 2.24) is 0 Å². The number of anilines is 6. The van der Waals surface area contributed by atoms with E-state index in [0.29, 0.717) is 39.3 Å². The molecule has 78 heavy (non-hydrogen) atoms. The Balaban J connectivity index is 1.10. The lowest BCUT2D eigenvalue weighted by atomic mass is 9.82. The molecule has 2 aliphatic carbocycles. The minimum Gasteiger partial charge on any atom is -0.294 e. The second-order valence-electron chi connectivity index (χ2n) is 22.7. The predicted octanol–water partition coefficient (Wildman–Crippen LogP) is 18.4. The van der Waals surface area contributed by atoms with Crippen LogP contribution in [0.4, 0.5) is 48.5 Å². The van der Waals surface area contributed by atoms with Crippen molar-refractivity contribution in [3.63, 3.8) is 0 Å². The Bertz CT molecular complexity index is 2800. The molecule has 412 valence electrons. The molecule has 0 fully saturated rings. The fourth-order valence-electron chi connectivity index (χ4n) is 11.7. The maximum absolute atomic E-state index is 15.6. The van der Waals surface area contributed by atoms with Crippen molar-refractivity contribution in [3.8, 4) is 22.3 Å². The van der Waals surface area contributed by atoms with Crippen LogP contribution in [0.5, 0.6) is 0 Å². The molecular weight excluding hydrogens is 961 g/mol. The van der Waals surface area contributed by atoms with Crippen molar-refractivity contribution < 1.29 is 14.4 Å². The summed E-state index contributed by atoms with van der Waals surface area (Å²) < 4.78 is 0. The van der Waals surface area contributed by atoms with Gasteiger partial charge >= 0.3 is 18.1 Å². The lowest BCUT2D eigenvalue weighted by molar-refractivity contribution is 0.250. The molecule has 0 unspecified atom stereocenters. The van der Waals surface area contributed by atoms with Gasteiger partial charge in [0, 0.05) is 84.2 Å². The number of benzene rings is 6. The van der Waals surface area contributed by atoms with Gasteiger partial charge in [-0.1, -0.05) is 168 Å². The van der Waals surface area contributed by atoms with Gasteiger partial charge in [-0.25, -0.2) is 14.4 Å². The molecule has 0 radical (unpaired) electrons. The first-order chi connectivity index (χ1) is 37.7. The van der Waals surface area contributed by atoms with Crippen molar-refractivity contribution in [2.45, 2.75) is 157 Å². The number of nitrogens with zero attached hydrogens (tertiary/aromatic N) is 6. The Morgan fingerprint density at radius 2 is 0.500 bits per heavy atom. The third-order valence-electron chi connectivity index (χ3n) is 16.5. The lowest BCUT2D eigenvalue weighted by Gasteiger charge is -2.33. The van der Waals surface area contributed by atoms with Gasteiger partial charge < -0.3 is 0 Å². The van der Waals surface area contributed by atoms with Crippen molar-refractivity contribution in [2.24, 2.45) is 0 Å². The average molecular weight is 1050 g/mol. The van der Waals surface area contributed by atoms with Crippen LogP contribution in [0.3, 0.4) is 0 Å². The zero-order valence-electron chi connectivity index (χ0n) is 48.8. The van der Waals surface area contributed by atoms with Crippen molar-refractivity contribution in [2.75, 3.05) is 68.7 Å². The molecule has 9 nitrogen and oxygen atoms in total. The van der Waals surface area contributed by atoms with E-state index in [1.165, 1.54) is 44.5 Å². The number of rotatable bonds is 24. The van der Waals surface area contributed by atoms with Crippen LogP contribution in [0.25, 0.3) is 22.3 Å². The summed E-state index contributed by atoms with van der Waals surface area (Å²) in [6.07, 6.45) is 11.2. The maximum Gasteiger partial charge on any atom is 0.328 e. The van der Waals surface area contributed by atoms with Gasteiger partial charge in [0.05, 0.1) is 0 Å². The molecule has 0 bridgehead atoms. The summed E-state index contributed by atoms with van der Waals surface area (Å²) in [4.78, 5) is 56.9. The molecule has 0 spiro atoms. The van der Waals surface area contributed by atoms with E-state index in [9.17, 15) is 9.59 Å². The summed E-state index contributed by atoms with van der Waals surface area (Å²) in [5.41, 5.74) is 14.1. The van der Waals surface area contributed by atoms with Gasteiger partial charge in [0.1, 0.15) is 0 Å². The number of urea groups is 3. The van der Waals surface area contributed by atoms with Crippen LogP contribution in [0.2, 0.25) is 0 Å². The molecule has 2 aliphatic rings. The molecule has 8 rings (SSSR count). The molecule has 9 heteroatoms. The number of fused-ring (bicyclic) bond motifs is 6. The normalized spacial score (nSPS) is 13.3. The highest BCUT2D eigenvalue weighted by atomic mass is 16.2. The number of carbonyl (C=O) groups is 3. The van der Waals surface area contributed by atoms with E-state index in [-0.39, 0.29) is 18.1 Å². The number of hydrogen-bond acceptors (Lipinski definition) is 3. The molecule has 0 N–H and O–H groups in total. The topological polar surface area (TPSA) is 70.7 Å². The van der Waals surface area contributed by atoms with Gasteiger partial charge in [-0.3, -0.25) is 29.4 Å². The van der Waals surface area contributed by atoms with E-state index in [0.717, 1.165) is 111 Å². The zero-order chi connectivity index (χ0) is 55.6. The molecule has 0 aromatic heterocycles. The highest BCUT2D eigenvalue weighted by Gasteiger charge is 2.40. The average Bonchev–Trinajstić information content (AvgIpc) is 3.96. The molecule has 0 aliphatic heterocycles. The Morgan fingerprint density at radius 3 is 0.705 bits per heavy atom. The lowest BCUT2D eigenvalue weighted by Crippen LogP contribution is -2.45. The van der Waals surface area contributed by atoms with Gasteiger partial charge in [-0.2, -0.15) is 0 Å². The van der Waals surface area contributed by atoms with Gasteiger partial charge in [-0.15, -0.1) is 0 Å². The molecule has 0 saturated heterocycles. The van der Waals surface area contributed by atoms with E-state index in [1.54, 1.807) is 0 Å². The first-order valence-corrected chi connectivity index (χ1v) is 29.7. The number of para-hydroxylation sites is 2. The summed E-state index contributed by atoms with van der Waals surface area (Å²) in [6, 6.07) is 46.6. The SMILES string of the molecule is CCCCN(C(=O)N(CCCC)c1ccc2c(c1)C(C)(C)c1cc(N(CCCC)C(=O)N(CCCC)c3ccc4c(c3)C(C)(C)c3cc(N(CCCC)C(=O)N(CCCC)c5ccccc5)ccc3-4)ccc1-2)c1ccccc1. The summed E-state index contributed by atoms with van der Waals surface area (Å²) in [7, 11) is 0. The van der Waals surface area contributed by atoms with Crippen molar-refractivity contribution in [3.05, 3.63) is 156 Å². The fraction of sp³-hybridized carbons (Fsp3) is 0.435. The molecule has 6 aromatic carbocycles. The van der Waals surface area contributed by atoms with E-state index in [1.807, 2.05) is 90.1 Å². The second-order valence-corrected chi connectivity index (χ2v) is 22.7. The Morgan fingerprint density at radius 1 is 0.295 bits per heavy atom. The predicted molar refractivity (Wildman–Crippen MR) is 331 cm³/mol. The van der Waals surface area contributed by atoms with E-state index in [2.05, 4.69) is 142 Å². The largest absolute Gasteiger partial charge is 0.328 e. The third kappa shape index (κ3) is 11.8. The van der Waals surface area contributed by atoms with E-state index >= 15 is 4.79 Å². The van der Waals surface area contributed by atoms with Crippen LogP contribution in [0, 0.1) is 0 Å². The number of hydrogen-bond donors (Lipinski definition) is 0. The van der Waals surface area contributed by atoms with Gasteiger partial charge in [-0.05, 0) is 156 Å². The highest BCUT2D eigenvalue weighted by molar-refractivity contribution is 6.07. The van der Waals surface area contributed by atoms with Crippen LogP contribution in [-0.2, 0) is 10.8 Å². The third-order valence-corrected chi connectivity index (χ3v) is 16.5. The zero-order valence-corrected chi connectivity index (χ0v) is 48.8. The smallest absolute Gasteiger partial charge is 0.294 e. The van der Waals surface area contributed by atoms with Crippen molar-refractivity contribution in [1.29, 1.82) is 0 Å². The second kappa shape index (κ2) is 25.7. The fourth-order valence-corrected chi connectivity index (χ4v) is 11.7. The first kappa shape index (κ1) is 57.3. The van der Waals surface area contributed by atoms with Gasteiger partial charge in [0.25, 0.3) is 0 Å². The monoisotopic (exact) mass is 1050 g/mol. The minimum absolute atomic E-state index is 0.00764. The van der Waals surface area contributed by atoms with Crippen LogP contribution in [0.15, 0.2) is 133 Å². The number of unbranched alkanes of at least 4 members (excludes halogenated alkanes) is 6. The summed E-state index contributed by atoms with van der Waals surface area (Å²) in [6.45, 7) is 26.0. The molecule has 0 atom stereocenters. The Labute approximate surface area is 468 Å². The summed E-state index contributed by atoms with van der Waals surface area (Å²) >= 11 is 0. The Kier molecular flexibility index (Phi) is 18.9. The molecule has 6 amide bonds. The molecule has 0 saturated carbocycles. The molecular formula is C69H88N6O3. The summed E-state index contributed by atoms with van der Waals surface area (Å²) in [5.74, 6) is 0. The van der Waals surface area contributed by atoms with Gasteiger partial charge in [0.15, 0.2) is 0 Å². The van der Waals surface area contributed by atoms with Crippen molar-refractivity contribution >= 4 is 52.2 Å². The maximum atomic E-state index is 15.6. The highest BCUT2D eigenvalue weighted by Crippen LogP contribution is 2.53. The number of amides is 6. The van der Waals surface area contributed by atoms with Gasteiger partial charge in [0.2, 0.25) is 0 Å². The first-order valence-electron chi connectivity index (χ1n) is 29.7. The van der Waals surface area contributed by atoms with E-state index < -0.39 is 10.8 Å². The molecule has 6 aromatic rings. The van der Waals surface area contributed by atoms with E-state index in [4.69, 9.17) is 0 Å². The number of carbonyl (C=O) groups excluding carboxylic acids is 3. The van der Waals surface area contributed by atoms with Crippen LogP contribution in [0.1, 0.15) is 169 Å². The molecule has 0 heterocycles. The summed E-state index contributed by atoms with van der Waals surface area (Å²) in [5, 5.41) is 0. The quantitative estimate of drug-likeness (QED) is 0.0606. The van der Waals surface area contributed by atoms with Crippen LogP contribution < -0.4 is 29.4 Å². The van der Waals surface area contributed by atoms with Crippen LogP contribution in [-0.4, -0.2) is 57.4 Å². The Hall–Kier alpha value is -6.87. The minimum atomic E-state index is -0.393. The van der Waals surface area contributed by atoms with Crippen LogP contribution >= 0.6 is 0 Å².